The number of piperidine rings is 1. The van der Waals surface area contributed by atoms with Crippen LogP contribution in [-0.2, 0) is 4.79 Å². The van der Waals surface area contributed by atoms with Gasteiger partial charge in [-0.3, -0.25) is 4.79 Å². The van der Waals surface area contributed by atoms with E-state index in [0.29, 0.717) is 23.9 Å². The van der Waals surface area contributed by atoms with E-state index in [9.17, 15) is 9.18 Å². The fourth-order valence-corrected chi connectivity index (χ4v) is 2.80. The van der Waals surface area contributed by atoms with Gasteiger partial charge in [0.15, 0.2) is 0 Å². The van der Waals surface area contributed by atoms with Crippen molar-refractivity contribution in [2.45, 2.75) is 26.2 Å². The molecular weight excluding hydrogens is 255 g/mol. The Labute approximate surface area is 120 Å². The molecule has 0 aromatic heterocycles. The van der Waals surface area contributed by atoms with E-state index in [-0.39, 0.29) is 11.7 Å². The second-order valence-corrected chi connectivity index (χ2v) is 5.69. The van der Waals surface area contributed by atoms with Crippen LogP contribution in [0.4, 0.5) is 10.1 Å². The molecule has 0 bridgehead atoms. The Morgan fingerprint density at radius 1 is 1.50 bits per heavy atom. The largest absolute Gasteiger partial charge is 0.316 e. The maximum Gasteiger partial charge on any atom is 0.227 e. The average Bonchev–Trinajstić information content (AvgIpc) is 2.48. The van der Waals surface area contributed by atoms with Crippen LogP contribution in [0.25, 0.3) is 0 Å². The lowest BCUT2D eigenvalue weighted by atomic mass is 9.85. The van der Waals surface area contributed by atoms with Crippen LogP contribution >= 0.6 is 0 Å². The molecule has 0 saturated carbocycles. The molecule has 4 heteroatoms. The van der Waals surface area contributed by atoms with Gasteiger partial charge < -0.3 is 10.2 Å². The normalized spacial score (nSPS) is 20.4. The number of hydrogen-bond donors (Lipinski definition) is 1. The second-order valence-electron chi connectivity index (χ2n) is 5.69. The number of anilines is 1. The summed E-state index contributed by atoms with van der Waals surface area (Å²) in [6, 6.07) is 6.40. The Hall–Kier alpha value is -1.42. The molecule has 1 amide bonds. The van der Waals surface area contributed by atoms with E-state index in [1.807, 2.05) is 0 Å². The predicted molar refractivity (Wildman–Crippen MR) is 79.2 cm³/mol. The molecule has 2 atom stereocenters. The molecule has 1 aliphatic rings. The standard InChI is InChI=1S/C16H23FN2O/c1-12(13-6-5-9-18-11-13)10-16(20)19(2)15-8-4-3-7-14(15)17/h3-4,7-8,12-13,18H,5-6,9-11H2,1-2H3. The fraction of sp³-hybridized carbons (Fsp3) is 0.562. The Morgan fingerprint density at radius 2 is 2.25 bits per heavy atom. The van der Waals surface area contributed by atoms with Gasteiger partial charge in [0.1, 0.15) is 5.82 Å². The average molecular weight is 278 g/mol. The molecule has 0 aliphatic carbocycles. The maximum absolute atomic E-state index is 13.7. The molecular formula is C16H23FN2O. The number of amides is 1. The van der Waals surface area contributed by atoms with Crippen LogP contribution < -0.4 is 10.2 Å². The van der Waals surface area contributed by atoms with E-state index >= 15 is 0 Å². The zero-order valence-electron chi connectivity index (χ0n) is 12.2. The molecule has 2 unspecified atom stereocenters. The van der Waals surface area contributed by atoms with Gasteiger partial charge in [-0.25, -0.2) is 4.39 Å². The number of nitrogens with zero attached hydrogens (tertiary/aromatic N) is 1. The Balaban J connectivity index is 1.95. The van der Waals surface area contributed by atoms with Crippen LogP contribution in [-0.4, -0.2) is 26.0 Å². The smallest absolute Gasteiger partial charge is 0.227 e. The van der Waals surface area contributed by atoms with Crippen LogP contribution in [0.1, 0.15) is 26.2 Å². The molecule has 1 N–H and O–H groups in total. The van der Waals surface area contributed by atoms with Gasteiger partial charge in [-0.2, -0.15) is 0 Å². The van der Waals surface area contributed by atoms with Gasteiger partial charge in [0.25, 0.3) is 0 Å². The number of carbonyl (C=O) groups is 1. The van der Waals surface area contributed by atoms with Crippen LogP contribution in [0.5, 0.6) is 0 Å². The van der Waals surface area contributed by atoms with Crippen molar-refractivity contribution < 1.29 is 9.18 Å². The fourth-order valence-electron chi connectivity index (χ4n) is 2.80. The Bertz CT molecular complexity index is 458. The van der Waals surface area contributed by atoms with E-state index in [4.69, 9.17) is 0 Å². The van der Waals surface area contributed by atoms with Crippen molar-refractivity contribution in [3.05, 3.63) is 30.1 Å². The predicted octanol–water partition coefficient (Wildman–Crippen LogP) is 2.81. The molecule has 1 aliphatic heterocycles. The summed E-state index contributed by atoms with van der Waals surface area (Å²) in [6.07, 6.45) is 2.81. The number of hydrogen-bond acceptors (Lipinski definition) is 2. The molecule has 1 aromatic rings. The summed E-state index contributed by atoms with van der Waals surface area (Å²) in [5.74, 6) is 0.495. The number of rotatable bonds is 4. The van der Waals surface area contributed by atoms with Crippen LogP contribution in [0.15, 0.2) is 24.3 Å². The number of benzene rings is 1. The summed E-state index contributed by atoms with van der Waals surface area (Å²) in [4.78, 5) is 13.7. The lowest BCUT2D eigenvalue weighted by molar-refractivity contribution is -0.119. The minimum atomic E-state index is -0.352. The number of nitrogens with one attached hydrogen (secondary N) is 1. The summed E-state index contributed by atoms with van der Waals surface area (Å²) in [5.41, 5.74) is 0.353. The quantitative estimate of drug-likeness (QED) is 0.918. The summed E-state index contributed by atoms with van der Waals surface area (Å²) in [5, 5.41) is 3.37. The third-order valence-electron chi connectivity index (χ3n) is 4.22. The van der Waals surface area contributed by atoms with E-state index < -0.39 is 0 Å². The van der Waals surface area contributed by atoms with Gasteiger partial charge in [-0.05, 0) is 49.9 Å². The van der Waals surface area contributed by atoms with Gasteiger partial charge in [-0.1, -0.05) is 19.1 Å². The highest BCUT2D eigenvalue weighted by atomic mass is 19.1. The van der Waals surface area contributed by atoms with Crippen molar-refractivity contribution in [2.24, 2.45) is 11.8 Å². The summed E-state index contributed by atoms with van der Waals surface area (Å²) in [7, 11) is 1.65. The van der Waals surface area contributed by atoms with Crippen molar-refractivity contribution in [1.82, 2.24) is 5.32 Å². The lowest BCUT2D eigenvalue weighted by Gasteiger charge is -2.29. The first-order valence-electron chi connectivity index (χ1n) is 7.31. The van der Waals surface area contributed by atoms with Gasteiger partial charge in [0.05, 0.1) is 5.69 Å². The van der Waals surface area contributed by atoms with Gasteiger partial charge in [-0.15, -0.1) is 0 Å². The van der Waals surface area contributed by atoms with Crippen LogP contribution in [0.3, 0.4) is 0 Å². The summed E-state index contributed by atoms with van der Waals surface area (Å²) >= 11 is 0. The summed E-state index contributed by atoms with van der Waals surface area (Å²) in [6.45, 7) is 4.18. The third-order valence-corrected chi connectivity index (χ3v) is 4.22. The first kappa shape index (κ1) is 15.0. The highest BCUT2D eigenvalue weighted by Gasteiger charge is 2.24. The Kier molecular flexibility index (Phi) is 5.12. The van der Waals surface area contributed by atoms with Gasteiger partial charge >= 0.3 is 0 Å². The molecule has 1 saturated heterocycles. The Morgan fingerprint density at radius 3 is 2.90 bits per heavy atom. The molecule has 0 radical (unpaired) electrons. The molecule has 2 rings (SSSR count). The van der Waals surface area contributed by atoms with Crippen LogP contribution in [0, 0.1) is 17.7 Å². The van der Waals surface area contributed by atoms with E-state index in [0.717, 1.165) is 13.1 Å². The number of halogens is 1. The minimum Gasteiger partial charge on any atom is -0.316 e. The van der Waals surface area contributed by atoms with Crippen molar-refractivity contribution in [2.75, 3.05) is 25.0 Å². The maximum atomic E-state index is 13.7. The van der Waals surface area contributed by atoms with Crippen molar-refractivity contribution in [3.63, 3.8) is 0 Å². The monoisotopic (exact) mass is 278 g/mol. The van der Waals surface area contributed by atoms with E-state index in [1.54, 1.807) is 25.2 Å². The molecule has 0 spiro atoms. The van der Waals surface area contributed by atoms with Crippen LogP contribution in [0.2, 0.25) is 0 Å². The molecule has 20 heavy (non-hydrogen) atoms. The highest BCUT2D eigenvalue weighted by molar-refractivity contribution is 5.93. The SMILES string of the molecule is CC(CC(=O)N(C)c1ccccc1F)C1CCCNC1. The molecule has 3 nitrogen and oxygen atoms in total. The molecule has 110 valence electrons. The van der Waals surface area contributed by atoms with Crippen molar-refractivity contribution >= 4 is 11.6 Å². The number of carbonyl (C=O) groups excluding carboxylic acids is 1. The first-order chi connectivity index (χ1) is 9.59. The molecule has 1 fully saturated rings. The second kappa shape index (κ2) is 6.84. The van der Waals surface area contributed by atoms with E-state index in [2.05, 4.69) is 12.2 Å². The summed E-state index contributed by atoms with van der Waals surface area (Å²) < 4.78 is 13.7. The van der Waals surface area contributed by atoms with Gasteiger partial charge in [0, 0.05) is 13.5 Å². The topological polar surface area (TPSA) is 32.3 Å². The molecule has 1 heterocycles. The lowest BCUT2D eigenvalue weighted by Crippen LogP contribution is -2.36. The minimum absolute atomic E-state index is 0.0202. The van der Waals surface area contributed by atoms with Crippen molar-refractivity contribution in [3.8, 4) is 0 Å². The zero-order valence-corrected chi connectivity index (χ0v) is 12.2. The van der Waals surface area contributed by atoms with Crippen molar-refractivity contribution in [1.29, 1.82) is 0 Å². The zero-order chi connectivity index (χ0) is 14.5. The number of para-hydroxylation sites is 1. The van der Waals surface area contributed by atoms with E-state index in [1.165, 1.54) is 23.8 Å². The first-order valence-corrected chi connectivity index (χ1v) is 7.31. The third kappa shape index (κ3) is 3.57. The molecule has 1 aromatic carbocycles. The highest BCUT2D eigenvalue weighted by Crippen LogP contribution is 2.25. The van der Waals surface area contributed by atoms with Gasteiger partial charge in [0.2, 0.25) is 5.91 Å².